The minimum Gasteiger partial charge on any atom is -0.393 e. The van der Waals surface area contributed by atoms with Crippen molar-refractivity contribution in [3.63, 3.8) is 0 Å². The number of unbranched alkanes of at least 4 members (excludes halogenated alkanes) is 2. The van der Waals surface area contributed by atoms with Crippen LogP contribution in [0.5, 0.6) is 0 Å². The number of aliphatic hydroxyl groups excluding tert-OH is 1. The lowest BCUT2D eigenvalue weighted by Gasteiger charge is -2.06. The smallest absolute Gasteiger partial charge is 0.0622 e. The van der Waals surface area contributed by atoms with Crippen molar-refractivity contribution in [1.29, 1.82) is 5.26 Å². The van der Waals surface area contributed by atoms with Crippen LogP contribution in [-0.4, -0.2) is 11.2 Å². The van der Waals surface area contributed by atoms with Crippen molar-refractivity contribution in [3.05, 3.63) is 0 Å². The highest BCUT2D eigenvalue weighted by Crippen LogP contribution is 2.07. The Labute approximate surface area is 68.8 Å². The van der Waals surface area contributed by atoms with E-state index in [2.05, 4.69) is 6.92 Å². The van der Waals surface area contributed by atoms with Crippen LogP contribution in [0, 0.1) is 11.3 Å². The van der Waals surface area contributed by atoms with Crippen molar-refractivity contribution >= 4 is 0 Å². The predicted molar refractivity (Wildman–Crippen MR) is 45.0 cm³/mol. The molecular formula is C9H17NO. The van der Waals surface area contributed by atoms with Gasteiger partial charge in [-0.3, -0.25) is 0 Å². The van der Waals surface area contributed by atoms with Gasteiger partial charge in [-0.2, -0.15) is 5.26 Å². The summed E-state index contributed by atoms with van der Waals surface area (Å²) >= 11 is 0. The summed E-state index contributed by atoms with van der Waals surface area (Å²) < 4.78 is 0. The Morgan fingerprint density at radius 3 is 2.64 bits per heavy atom. The average molecular weight is 155 g/mol. The summed E-state index contributed by atoms with van der Waals surface area (Å²) in [5.41, 5.74) is 0. The van der Waals surface area contributed by atoms with Crippen LogP contribution in [0.3, 0.4) is 0 Å². The lowest BCUT2D eigenvalue weighted by molar-refractivity contribution is 0.152. The molecule has 0 bridgehead atoms. The molecule has 0 aliphatic carbocycles. The second-order valence-corrected chi connectivity index (χ2v) is 2.85. The monoisotopic (exact) mass is 155 g/mol. The van der Waals surface area contributed by atoms with Crippen molar-refractivity contribution in [1.82, 2.24) is 0 Å². The molecule has 0 aromatic heterocycles. The lowest BCUT2D eigenvalue weighted by Crippen LogP contribution is -2.05. The molecule has 0 aromatic rings. The van der Waals surface area contributed by atoms with Crippen LogP contribution in [0.1, 0.15) is 45.4 Å². The Morgan fingerprint density at radius 1 is 1.36 bits per heavy atom. The number of aliphatic hydroxyl groups is 1. The fourth-order valence-corrected chi connectivity index (χ4v) is 1.01. The van der Waals surface area contributed by atoms with E-state index in [0.29, 0.717) is 12.8 Å². The molecule has 1 atom stereocenters. The van der Waals surface area contributed by atoms with Crippen LogP contribution >= 0.6 is 0 Å². The molecular weight excluding hydrogens is 138 g/mol. The minimum absolute atomic E-state index is 0.249. The fraction of sp³-hybridized carbons (Fsp3) is 0.889. The molecule has 2 nitrogen and oxygen atoms in total. The number of nitrogens with zero attached hydrogens (tertiary/aromatic N) is 1. The molecule has 2 heteroatoms. The molecule has 0 heterocycles. The predicted octanol–water partition coefficient (Wildman–Crippen LogP) is 2.23. The molecule has 0 saturated carbocycles. The Morgan fingerprint density at radius 2 is 2.09 bits per heavy atom. The van der Waals surface area contributed by atoms with Gasteiger partial charge in [0.2, 0.25) is 0 Å². The van der Waals surface area contributed by atoms with Crippen LogP contribution in [0.2, 0.25) is 0 Å². The zero-order valence-electron chi connectivity index (χ0n) is 7.21. The first kappa shape index (κ1) is 10.4. The fourth-order valence-electron chi connectivity index (χ4n) is 1.01. The molecule has 0 aliphatic rings. The van der Waals surface area contributed by atoms with E-state index in [4.69, 9.17) is 5.26 Å². The number of rotatable bonds is 6. The van der Waals surface area contributed by atoms with Crippen LogP contribution in [0.4, 0.5) is 0 Å². The molecule has 0 radical (unpaired) electrons. The van der Waals surface area contributed by atoms with E-state index >= 15 is 0 Å². The molecule has 64 valence electrons. The topological polar surface area (TPSA) is 44.0 Å². The summed E-state index contributed by atoms with van der Waals surface area (Å²) in [6.07, 6.45) is 5.18. The summed E-state index contributed by atoms with van der Waals surface area (Å²) in [6.45, 7) is 2.14. The zero-order chi connectivity index (χ0) is 8.53. The average Bonchev–Trinajstić information content (AvgIpc) is 2.01. The van der Waals surface area contributed by atoms with E-state index < -0.39 is 0 Å². The van der Waals surface area contributed by atoms with Gasteiger partial charge in [-0.1, -0.05) is 26.2 Å². The van der Waals surface area contributed by atoms with E-state index in [1.807, 2.05) is 6.07 Å². The first-order valence-electron chi connectivity index (χ1n) is 4.36. The molecule has 0 saturated heterocycles. The van der Waals surface area contributed by atoms with E-state index in [1.165, 1.54) is 12.8 Å². The third-order valence-corrected chi connectivity index (χ3v) is 1.73. The van der Waals surface area contributed by atoms with Gasteiger partial charge in [0.25, 0.3) is 0 Å². The highest BCUT2D eigenvalue weighted by molar-refractivity contribution is 4.71. The Bertz CT molecular complexity index is 117. The maximum atomic E-state index is 9.26. The van der Waals surface area contributed by atoms with Crippen LogP contribution in [-0.2, 0) is 0 Å². The van der Waals surface area contributed by atoms with Crippen LogP contribution in [0.15, 0.2) is 0 Å². The van der Waals surface area contributed by atoms with Crippen molar-refractivity contribution in [2.24, 2.45) is 0 Å². The van der Waals surface area contributed by atoms with E-state index in [-0.39, 0.29) is 6.10 Å². The normalized spacial score (nSPS) is 12.5. The van der Waals surface area contributed by atoms with E-state index in [9.17, 15) is 5.11 Å². The number of hydrogen-bond donors (Lipinski definition) is 1. The molecule has 0 amide bonds. The van der Waals surface area contributed by atoms with Gasteiger partial charge in [0.1, 0.15) is 0 Å². The van der Waals surface area contributed by atoms with E-state index in [0.717, 1.165) is 12.8 Å². The maximum Gasteiger partial charge on any atom is 0.0622 e. The summed E-state index contributed by atoms with van der Waals surface area (Å²) in [5.74, 6) is 0. The summed E-state index contributed by atoms with van der Waals surface area (Å²) in [6, 6.07) is 2.03. The second kappa shape index (κ2) is 7.56. The van der Waals surface area contributed by atoms with Gasteiger partial charge in [-0.25, -0.2) is 0 Å². The van der Waals surface area contributed by atoms with Crippen molar-refractivity contribution < 1.29 is 5.11 Å². The van der Waals surface area contributed by atoms with E-state index in [1.54, 1.807) is 0 Å². The van der Waals surface area contributed by atoms with Crippen molar-refractivity contribution in [2.75, 3.05) is 0 Å². The molecule has 0 unspecified atom stereocenters. The molecule has 0 fully saturated rings. The van der Waals surface area contributed by atoms with Gasteiger partial charge in [-0.15, -0.1) is 0 Å². The molecule has 0 spiro atoms. The summed E-state index contributed by atoms with van der Waals surface area (Å²) in [5, 5.41) is 17.5. The SMILES string of the molecule is CCCCC[C@@H](O)CCC#N. The van der Waals surface area contributed by atoms with Crippen LogP contribution in [0.25, 0.3) is 0 Å². The quantitative estimate of drug-likeness (QED) is 0.598. The summed E-state index contributed by atoms with van der Waals surface area (Å²) in [4.78, 5) is 0. The Balaban J connectivity index is 3.10. The van der Waals surface area contributed by atoms with Gasteiger partial charge in [0, 0.05) is 6.42 Å². The standard InChI is InChI=1S/C9H17NO/c1-2-3-4-6-9(11)7-5-8-10/h9,11H,2-7H2,1H3/t9-/m1/s1. The third-order valence-electron chi connectivity index (χ3n) is 1.73. The molecule has 11 heavy (non-hydrogen) atoms. The number of hydrogen-bond acceptors (Lipinski definition) is 2. The lowest BCUT2D eigenvalue weighted by atomic mass is 10.1. The molecule has 0 aliphatic heterocycles. The molecule has 0 aromatic carbocycles. The molecule has 1 N–H and O–H groups in total. The second-order valence-electron chi connectivity index (χ2n) is 2.85. The van der Waals surface area contributed by atoms with Gasteiger partial charge in [-0.05, 0) is 12.8 Å². The largest absolute Gasteiger partial charge is 0.393 e. The van der Waals surface area contributed by atoms with Gasteiger partial charge in [0.15, 0.2) is 0 Å². The highest BCUT2D eigenvalue weighted by Gasteiger charge is 2.01. The zero-order valence-corrected chi connectivity index (χ0v) is 7.21. The van der Waals surface area contributed by atoms with Gasteiger partial charge in [0.05, 0.1) is 12.2 Å². The third kappa shape index (κ3) is 7.35. The van der Waals surface area contributed by atoms with Gasteiger partial charge < -0.3 is 5.11 Å². The highest BCUT2D eigenvalue weighted by atomic mass is 16.3. The maximum absolute atomic E-state index is 9.26. The first-order valence-corrected chi connectivity index (χ1v) is 4.36. The Hall–Kier alpha value is -0.550. The van der Waals surface area contributed by atoms with Crippen molar-refractivity contribution in [2.45, 2.75) is 51.6 Å². The number of nitriles is 1. The Kier molecular flexibility index (Phi) is 7.18. The minimum atomic E-state index is -0.249. The summed E-state index contributed by atoms with van der Waals surface area (Å²) in [7, 11) is 0. The first-order chi connectivity index (χ1) is 5.31. The van der Waals surface area contributed by atoms with Gasteiger partial charge >= 0.3 is 0 Å². The van der Waals surface area contributed by atoms with Crippen molar-refractivity contribution in [3.8, 4) is 6.07 Å². The molecule has 0 rings (SSSR count). The van der Waals surface area contributed by atoms with Crippen LogP contribution < -0.4 is 0 Å².